The molecule has 3 heteroatoms. The minimum atomic E-state index is 0.718. The second kappa shape index (κ2) is 10.3. The van der Waals surface area contributed by atoms with E-state index in [1.165, 1.54) is 54.7 Å². The fourth-order valence-corrected chi connectivity index (χ4v) is 7.37. The topological polar surface area (TPSA) is 9.86 Å². The van der Waals surface area contributed by atoms with E-state index in [1.807, 2.05) is 0 Å². The number of hydrogen-bond donors (Lipinski definition) is 0. The largest absolute Gasteiger partial charge is 0.309 e. The lowest BCUT2D eigenvalue weighted by atomic mass is 9.94. The van der Waals surface area contributed by atoms with Gasteiger partial charge in [0.2, 0.25) is 0 Å². The fourth-order valence-electron chi connectivity index (χ4n) is 7.13. The third kappa shape index (κ3) is 4.03. The van der Waals surface area contributed by atoms with E-state index in [4.69, 9.17) is 11.6 Å². The Morgan fingerprint density at radius 1 is 0.356 bits per heavy atom. The van der Waals surface area contributed by atoms with Crippen molar-refractivity contribution in [3.8, 4) is 33.6 Å². The summed E-state index contributed by atoms with van der Waals surface area (Å²) < 4.78 is 4.72. The van der Waals surface area contributed by atoms with E-state index in [0.717, 1.165) is 27.5 Å². The molecule has 2 heterocycles. The molecular weight excluding hydrogens is 568 g/mol. The Labute approximate surface area is 266 Å². The minimum absolute atomic E-state index is 0.718. The summed E-state index contributed by atoms with van der Waals surface area (Å²) in [5.74, 6) is 0. The molecule has 0 N–H and O–H groups in total. The molecule has 2 nitrogen and oxygen atoms in total. The van der Waals surface area contributed by atoms with Crippen molar-refractivity contribution in [2.75, 3.05) is 0 Å². The normalized spacial score (nSPS) is 11.7. The van der Waals surface area contributed by atoms with Gasteiger partial charge in [0.25, 0.3) is 0 Å². The van der Waals surface area contributed by atoms with Crippen LogP contribution in [0.15, 0.2) is 164 Å². The number of halogens is 1. The van der Waals surface area contributed by atoms with E-state index in [9.17, 15) is 0 Å². The Morgan fingerprint density at radius 2 is 0.756 bits per heavy atom. The lowest BCUT2D eigenvalue weighted by Crippen LogP contribution is -1.93. The minimum Gasteiger partial charge on any atom is -0.309 e. The van der Waals surface area contributed by atoms with Crippen molar-refractivity contribution in [1.29, 1.82) is 0 Å². The van der Waals surface area contributed by atoms with Crippen LogP contribution in [-0.4, -0.2) is 9.13 Å². The highest BCUT2D eigenvalue weighted by molar-refractivity contribution is 6.31. The Morgan fingerprint density at radius 3 is 1.22 bits per heavy atom. The van der Waals surface area contributed by atoms with Crippen LogP contribution in [0.4, 0.5) is 0 Å². The van der Waals surface area contributed by atoms with Crippen molar-refractivity contribution in [1.82, 2.24) is 9.13 Å². The average Bonchev–Trinajstić information content (AvgIpc) is 3.62. The van der Waals surface area contributed by atoms with E-state index in [1.54, 1.807) is 0 Å². The van der Waals surface area contributed by atoms with Gasteiger partial charge in [-0.2, -0.15) is 0 Å². The molecule has 9 aromatic rings. The predicted octanol–water partition coefficient (Wildman–Crippen LogP) is 11.9. The Bertz CT molecular complexity index is 2360. The van der Waals surface area contributed by atoms with E-state index >= 15 is 0 Å². The summed E-state index contributed by atoms with van der Waals surface area (Å²) in [5, 5.41) is 5.62. The van der Waals surface area contributed by atoms with Crippen molar-refractivity contribution in [2.45, 2.75) is 0 Å². The number of aromatic nitrogens is 2. The van der Waals surface area contributed by atoms with Gasteiger partial charge >= 0.3 is 0 Å². The molecule has 9 rings (SSSR count). The molecule has 0 amide bonds. The molecule has 0 saturated heterocycles. The monoisotopic (exact) mass is 594 g/mol. The second-order valence-corrected chi connectivity index (χ2v) is 11.9. The first-order chi connectivity index (χ1) is 22.3. The van der Waals surface area contributed by atoms with Crippen molar-refractivity contribution in [2.24, 2.45) is 0 Å². The summed E-state index contributed by atoms with van der Waals surface area (Å²) in [6, 6.07) is 58.2. The van der Waals surface area contributed by atoms with E-state index in [0.29, 0.717) is 0 Å². The maximum Gasteiger partial charge on any atom is 0.0547 e. The quantitative estimate of drug-likeness (QED) is 0.192. The van der Waals surface area contributed by atoms with Gasteiger partial charge in [0.1, 0.15) is 0 Å². The van der Waals surface area contributed by atoms with E-state index < -0.39 is 0 Å². The second-order valence-electron chi connectivity index (χ2n) is 11.5. The van der Waals surface area contributed by atoms with Crippen LogP contribution in [0.25, 0.3) is 77.2 Å². The fraction of sp³-hybridized carbons (Fsp3) is 0. The molecule has 0 aliphatic carbocycles. The molecule has 212 valence electrons. The molecule has 0 unspecified atom stereocenters. The number of rotatable bonds is 4. The first-order valence-corrected chi connectivity index (χ1v) is 15.6. The molecular formula is C42H27ClN2. The van der Waals surface area contributed by atoms with Gasteiger partial charge in [-0.15, -0.1) is 0 Å². The summed E-state index contributed by atoms with van der Waals surface area (Å²) >= 11 is 6.98. The molecule has 2 aromatic heterocycles. The predicted molar refractivity (Wildman–Crippen MR) is 191 cm³/mol. The van der Waals surface area contributed by atoms with Gasteiger partial charge < -0.3 is 9.13 Å². The van der Waals surface area contributed by atoms with Gasteiger partial charge in [0, 0.05) is 37.9 Å². The highest BCUT2D eigenvalue weighted by atomic mass is 35.5. The van der Waals surface area contributed by atoms with Crippen LogP contribution in [0.2, 0.25) is 5.02 Å². The molecule has 0 atom stereocenters. The van der Waals surface area contributed by atoms with Gasteiger partial charge in [0.15, 0.2) is 0 Å². The summed E-state index contributed by atoms with van der Waals surface area (Å²) in [6.45, 7) is 0. The van der Waals surface area contributed by atoms with Crippen LogP contribution in [-0.2, 0) is 0 Å². The van der Waals surface area contributed by atoms with E-state index in [2.05, 4.69) is 173 Å². The smallest absolute Gasteiger partial charge is 0.0547 e. The molecule has 0 spiro atoms. The summed E-state index contributed by atoms with van der Waals surface area (Å²) in [6.07, 6.45) is 0. The highest BCUT2D eigenvalue weighted by Gasteiger charge is 2.19. The molecule has 7 aromatic carbocycles. The Kier molecular flexibility index (Phi) is 5.90. The Balaban J connectivity index is 1.31. The van der Waals surface area contributed by atoms with Gasteiger partial charge in [-0.1, -0.05) is 109 Å². The summed E-state index contributed by atoms with van der Waals surface area (Å²) in [4.78, 5) is 0. The van der Waals surface area contributed by atoms with E-state index in [-0.39, 0.29) is 0 Å². The maximum absolute atomic E-state index is 6.98. The Hall–Kier alpha value is -5.57. The molecule has 0 aliphatic heterocycles. The third-order valence-electron chi connectivity index (χ3n) is 8.94. The van der Waals surface area contributed by atoms with Crippen molar-refractivity contribution in [3.63, 3.8) is 0 Å². The van der Waals surface area contributed by atoms with Crippen LogP contribution in [0.5, 0.6) is 0 Å². The number of para-hydroxylation sites is 4. The van der Waals surface area contributed by atoms with Crippen LogP contribution < -0.4 is 0 Å². The van der Waals surface area contributed by atoms with Crippen LogP contribution in [0, 0.1) is 0 Å². The third-order valence-corrected chi connectivity index (χ3v) is 9.16. The highest BCUT2D eigenvalue weighted by Crippen LogP contribution is 2.43. The summed E-state index contributed by atoms with van der Waals surface area (Å²) in [5.41, 5.74) is 11.6. The first kappa shape index (κ1) is 25.9. The van der Waals surface area contributed by atoms with Crippen molar-refractivity contribution in [3.05, 3.63) is 169 Å². The molecule has 0 fully saturated rings. The van der Waals surface area contributed by atoms with Crippen molar-refractivity contribution >= 4 is 55.2 Å². The standard InChI is InChI=1S/C42H27ClN2/c43-30-26-28(33-19-11-23-39-41(33)35-17-7-9-21-37(35)44(39)31-13-3-1-4-14-31)25-29(27-30)34-20-12-24-40-42(34)36-18-8-10-22-38(36)45(40)32-15-5-2-6-16-32/h1-27H. The number of hydrogen-bond acceptors (Lipinski definition) is 0. The first-order valence-electron chi connectivity index (χ1n) is 15.2. The lowest BCUT2D eigenvalue weighted by molar-refractivity contribution is 1.18. The van der Waals surface area contributed by atoms with Crippen molar-refractivity contribution < 1.29 is 0 Å². The zero-order chi connectivity index (χ0) is 29.9. The zero-order valence-electron chi connectivity index (χ0n) is 24.4. The molecule has 45 heavy (non-hydrogen) atoms. The number of benzene rings is 7. The maximum atomic E-state index is 6.98. The SMILES string of the molecule is Clc1cc(-c2cccc3c2c2ccccc2n3-c2ccccc2)cc(-c2cccc3c2c2ccccc2n3-c2ccccc2)c1. The van der Waals surface area contributed by atoms with Gasteiger partial charge in [-0.25, -0.2) is 0 Å². The lowest BCUT2D eigenvalue weighted by Gasteiger charge is -2.12. The number of fused-ring (bicyclic) bond motifs is 6. The van der Waals surface area contributed by atoms with Gasteiger partial charge in [-0.05, 0) is 89.0 Å². The van der Waals surface area contributed by atoms with Crippen LogP contribution in [0.1, 0.15) is 0 Å². The average molecular weight is 595 g/mol. The molecule has 0 bridgehead atoms. The van der Waals surface area contributed by atoms with Gasteiger partial charge in [0.05, 0.1) is 22.1 Å². The van der Waals surface area contributed by atoms with Crippen LogP contribution in [0.3, 0.4) is 0 Å². The molecule has 0 aliphatic rings. The zero-order valence-corrected chi connectivity index (χ0v) is 25.1. The molecule has 0 radical (unpaired) electrons. The summed E-state index contributed by atoms with van der Waals surface area (Å²) in [7, 11) is 0. The van der Waals surface area contributed by atoms with Gasteiger partial charge in [-0.3, -0.25) is 0 Å². The van der Waals surface area contributed by atoms with Crippen LogP contribution >= 0.6 is 11.6 Å². The molecule has 0 saturated carbocycles. The number of nitrogens with zero attached hydrogens (tertiary/aromatic N) is 2.